The molecule has 1 aliphatic carbocycles. The van der Waals surface area contributed by atoms with Gasteiger partial charge in [-0.05, 0) is 42.7 Å². The lowest BCUT2D eigenvalue weighted by Gasteiger charge is -2.27. The Labute approximate surface area is 107 Å². The first kappa shape index (κ1) is 12.5. The van der Waals surface area contributed by atoms with Gasteiger partial charge in [-0.15, -0.1) is 0 Å². The molecule has 1 atom stereocenters. The van der Waals surface area contributed by atoms with Gasteiger partial charge in [0.25, 0.3) is 0 Å². The molecule has 0 amide bonds. The van der Waals surface area contributed by atoms with Crippen molar-refractivity contribution < 1.29 is 4.79 Å². The number of hydrogen-bond donors (Lipinski definition) is 1. The molecule has 1 aromatic rings. The molecule has 1 aliphatic rings. The van der Waals surface area contributed by atoms with Crippen LogP contribution >= 0.6 is 11.8 Å². The molecule has 1 saturated carbocycles. The van der Waals surface area contributed by atoms with E-state index in [1.165, 1.54) is 19.3 Å². The van der Waals surface area contributed by atoms with E-state index >= 15 is 0 Å². The molecule has 1 N–H and O–H groups in total. The molecule has 92 valence electrons. The third-order valence-corrected chi connectivity index (χ3v) is 3.67. The number of rotatable bonds is 4. The van der Waals surface area contributed by atoms with Crippen LogP contribution in [0.5, 0.6) is 0 Å². The number of halogens is 1. The largest absolute Gasteiger partial charge is 0.291 e. The van der Waals surface area contributed by atoms with Crippen LogP contribution in [0.25, 0.3) is 0 Å². The summed E-state index contributed by atoms with van der Waals surface area (Å²) in [5.41, 5.74) is 0.497. The minimum Gasteiger partial charge on any atom is -0.291 e. The second-order valence-corrected chi connectivity index (χ2v) is 4.78. The zero-order valence-electron chi connectivity index (χ0n) is 9.73. The predicted octanol–water partition coefficient (Wildman–Crippen LogP) is 2.96. The molecule has 1 aromatic heterocycles. The minimum atomic E-state index is -0.299. The molecule has 4 heteroatoms. The Balaban J connectivity index is 2.09. The Bertz CT molecular complexity index is 363. The number of nitrogens with one attached hydrogen (secondary N) is 1. The summed E-state index contributed by atoms with van der Waals surface area (Å²) in [6.07, 6.45) is 7.43. The first-order valence-corrected chi connectivity index (χ1v) is 6.52. The fraction of sp³-hybridized carbons (Fsp3) is 0.538. The molecule has 0 saturated heterocycles. The predicted molar refractivity (Wildman–Crippen MR) is 67.9 cm³/mol. The summed E-state index contributed by atoms with van der Waals surface area (Å²) in [4.78, 5) is 19.0. The van der Waals surface area contributed by atoms with Gasteiger partial charge in [-0.1, -0.05) is 25.3 Å². The molecule has 0 aliphatic heterocycles. The summed E-state index contributed by atoms with van der Waals surface area (Å²) in [7, 11) is 0. The van der Waals surface area contributed by atoms with Gasteiger partial charge in [-0.2, -0.15) is 0 Å². The summed E-state index contributed by atoms with van der Waals surface area (Å²) in [6.45, 7) is 0. The van der Waals surface area contributed by atoms with E-state index in [0.717, 1.165) is 12.8 Å². The average molecular weight is 253 g/mol. The Morgan fingerprint density at radius 3 is 2.71 bits per heavy atom. The Morgan fingerprint density at radius 2 is 2.12 bits per heavy atom. The molecule has 0 radical (unpaired) electrons. The molecule has 2 rings (SSSR count). The van der Waals surface area contributed by atoms with Gasteiger partial charge in [0.15, 0.2) is 5.78 Å². The van der Waals surface area contributed by atoms with Crippen molar-refractivity contribution in [1.82, 2.24) is 9.82 Å². The molecule has 17 heavy (non-hydrogen) atoms. The van der Waals surface area contributed by atoms with E-state index in [1.807, 2.05) is 6.07 Å². The standard InChI is InChI=1S/C13H17ClN2O/c14-16-12(10-6-2-1-3-7-10)13(17)11-8-4-5-9-15-11/h4-5,8-10,12,16H,1-3,6-7H2/t12-/m0/s1. The zero-order valence-corrected chi connectivity index (χ0v) is 10.5. The van der Waals surface area contributed by atoms with Crippen molar-refractivity contribution >= 4 is 17.6 Å². The van der Waals surface area contributed by atoms with Gasteiger partial charge >= 0.3 is 0 Å². The summed E-state index contributed by atoms with van der Waals surface area (Å²) >= 11 is 5.75. The van der Waals surface area contributed by atoms with Crippen LogP contribution in [0, 0.1) is 5.92 Å². The molecular formula is C13H17ClN2O. The van der Waals surface area contributed by atoms with Gasteiger partial charge in [0, 0.05) is 6.20 Å². The van der Waals surface area contributed by atoms with E-state index in [0.29, 0.717) is 11.6 Å². The third-order valence-electron chi connectivity index (χ3n) is 3.44. The van der Waals surface area contributed by atoms with Crippen LogP contribution in [-0.4, -0.2) is 16.8 Å². The van der Waals surface area contributed by atoms with Crippen LogP contribution in [0.3, 0.4) is 0 Å². The molecule has 1 heterocycles. The van der Waals surface area contributed by atoms with Crippen molar-refractivity contribution in [3.8, 4) is 0 Å². The molecule has 3 nitrogen and oxygen atoms in total. The van der Waals surface area contributed by atoms with Gasteiger partial charge < -0.3 is 0 Å². The highest BCUT2D eigenvalue weighted by atomic mass is 35.5. The van der Waals surface area contributed by atoms with Crippen molar-refractivity contribution in [1.29, 1.82) is 0 Å². The summed E-state index contributed by atoms with van der Waals surface area (Å²) in [5.74, 6) is 0.350. The van der Waals surface area contributed by atoms with E-state index < -0.39 is 0 Å². The highest BCUT2D eigenvalue weighted by Crippen LogP contribution is 2.28. The number of hydrogen-bond acceptors (Lipinski definition) is 3. The minimum absolute atomic E-state index is 0.00694. The monoisotopic (exact) mass is 252 g/mol. The SMILES string of the molecule is O=C(c1ccccn1)[C@@H](NCl)C1CCCCC1. The Kier molecular flexibility index (Phi) is 4.51. The van der Waals surface area contributed by atoms with Gasteiger partial charge in [0.05, 0.1) is 6.04 Å². The van der Waals surface area contributed by atoms with Crippen molar-refractivity contribution in [3.63, 3.8) is 0 Å². The average Bonchev–Trinajstić information content (AvgIpc) is 2.42. The second-order valence-electron chi connectivity index (χ2n) is 4.56. The Hall–Kier alpha value is -0.930. The first-order valence-electron chi connectivity index (χ1n) is 6.14. The molecule has 1 fully saturated rings. The van der Waals surface area contributed by atoms with Gasteiger partial charge in [0.1, 0.15) is 5.69 Å². The number of carbonyl (C=O) groups is 1. The maximum atomic E-state index is 12.3. The van der Waals surface area contributed by atoms with Crippen molar-refractivity contribution in [3.05, 3.63) is 30.1 Å². The topological polar surface area (TPSA) is 42.0 Å². The smallest absolute Gasteiger partial charge is 0.199 e. The Morgan fingerprint density at radius 1 is 1.35 bits per heavy atom. The summed E-state index contributed by atoms with van der Waals surface area (Å²) in [6, 6.07) is 5.08. The fourth-order valence-corrected chi connectivity index (χ4v) is 2.77. The maximum Gasteiger partial charge on any atom is 0.199 e. The molecule has 0 aromatic carbocycles. The van der Waals surface area contributed by atoms with E-state index in [9.17, 15) is 4.79 Å². The molecule has 0 bridgehead atoms. The molecular weight excluding hydrogens is 236 g/mol. The van der Waals surface area contributed by atoms with Crippen LogP contribution in [0.1, 0.15) is 42.6 Å². The van der Waals surface area contributed by atoms with Crippen LogP contribution in [-0.2, 0) is 0 Å². The van der Waals surface area contributed by atoms with Crippen LogP contribution in [0.4, 0.5) is 0 Å². The maximum absolute atomic E-state index is 12.3. The van der Waals surface area contributed by atoms with Crippen LogP contribution < -0.4 is 4.84 Å². The lowest BCUT2D eigenvalue weighted by molar-refractivity contribution is 0.0900. The fourth-order valence-electron chi connectivity index (χ4n) is 2.49. The van der Waals surface area contributed by atoms with E-state index in [1.54, 1.807) is 18.3 Å². The quantitative estimate of drug-likeness (QED) is 0.662. The number of carbonyl (C=O) groups excluding carboxylic acids is 1. The van der Waals surface area contributed by atoms with E-state index in [2.05, 4.69) is 9.82 Å². The van der Waals surface area contributed by atoms with Crippen molar-refractivity contribution in [2.24, 2.45) is 5.92 Å². The summed E-state index contributed by atoms with van der Waals surface area (Å²) < 4.78 is 0. The zero-order chi connectivity index (χ0) is 12.1. The second kappa shape index (κ2) is 6.12. The van der Waals surface area contributed by atoms with E-state index in [-0.39, 0.29) is 11.8 Å². The van der Waals surface area contributed by atoms with Gasteiger partial charge in [0.2, 0.25) is 0 Å². The lowest BCUT2D eigenvalue weighted by Crippen LogP contribution is -2.39. The van der Waals surface area contributed by atoms with Gasteiger partial charge in [-0.3, -0.25) is 9.78 Å². The number of aromatic nitrogens is 1. The molecule has 0 spiro atoms. The van der Waals surface area contributed by atoms with Crippen LogP contribution in [0.2, 0.25) is 0 Å². The number of ketones is 1. The van der Waals surface area contributed by atoms with Crippen molar-refractivity contribution in [2.45, 2.75) is 38.1 Å². The van der Waals surface area contributed by atoms with E-state index in [4.69, 9.17) is 11.8 Å². The number of pyridine rings is 1. The molecule has 0 unspecified atom stereocenters. The number of Topliss-reactive ketones (excluding diaryl/α,β-unsaturated/α-hetero) is 1. The highest BCUT2D eigenvalue weighted by Gasteiger charge is 2.30. The normalized spacial score (nSPS) is 18.9. The third kappa shape index (κ3) is 3.05. The highest BCUT2D eigenvalue weighted by molar-refractivity contribution is 6.16. The van der Waals surface area contributed by atoms with Crippen LogP contribution in [0.15, 0.2) is 24.4 Å². The number of nitrogens with zero attached hydrogens (tertiary/aromatic N) is 1. The van der Waals surface area contributed by atoms with Gasteiger partial charge in [-0.25, -0.2) is 4.84 Å². The van der Waals surface area contributed by atoms with Crippen molar-refractivity contribution in [2.75, 3.05) is 0 Å². The lowest BCUT2D eigenvalue weighted by atomic mass is 9.82. The first-order chi connectivity index (χ1) is 8.33. The summed E-state index contributed by atoms with van der Waals surface area (Å²) in [5, 5.41) is 0.